The van der Waals surface area contributed by atoms with Gasteiger partial charge in [-0.05, 0) is 31.2 Å². The number of ether oxygens (including phenoxy) is 1. The van der Waals surface area contributed by atoms with E-state index in [1.807, 2.05) is 0 Å². The number of aromatic nitrogens is 2. The van der Waals surface area contributed by atoms with E-state index in [0.717, 1.165) is 11.7 Å². The van der Waals surface area contributed by atoms with Gasteiger partial charge in [0.25, 0.3) is 5.91 Å². The lowest BCUT2D eigenvalue weighted by Gasteiger charge is -2.14. The van der Waals surface area contributed by atoms with Gasteiger partial charge in [0.2, 0.25) is 5.88 Å². The molecule has 1 N–H and O–H groups in total. The van der Waals surface area contributed by atoms with E-state index >= 15 is 0 Å². The van der Waals surface area contributed by atoms with E-state index in [4.69, 9.17) is 4.74 Å². The molecule has 1 heterocycles. The van der Waals surface area contributed by atoms with Gasteiger partial charge in [-0.1, -0.05) is 36.4 Å². The highest BCUT2D eigenvalue weighted by Crippen LogP contribution is 2.27. The molecule has 1 unspecified atom stereocenters. The van der Waals surface area contributed by atoms with Crippen molar-refractivity contribution in [1.29, 1.82) is 0 Å². The van der Waals surface area contributed by atoms with Gasteiger partial charge in [-0.2, -0.15) is 4.98 Å². The summed E-state index contributed by atoms with van der Waals surface area (Å²) >= 11 is 0. The quantitative estimate of drug-likeness (QED) is 0.600. The fraction of sp³-hybridized carbons (Fsp3) is 0.136. The highest BCUT2D eigenvalue weighted by molar-refractivity contribution is 7.93. The lowest BCUT2D eigenvalue weighted by atomic mass is 10.2. The van der Waals surface area contributed by atoms with Crippen LogP contribution in [0.15, 0.2) is 72.3 Å². The second-order valence-electron chi connectivity index (χ2n) is 6.73. The van der Waals surface area contributed by atoms with Gasteiger partial charge >= 0.3 is 0 Å². The summed E-state index contributed by atoms with van der Waals surface area (Å²) in [6, 6.07) is 14.1. The number of hydrogen-bond acceptors (Lipinski definition) is 6. The van der Waals surface area contributed by atoms with E-state index < -0.39 is 27.6 Å². The number of hydrogen-bond donors (Lipinski definition) is 1. The Morgan fingerprint density at radius 3 is 2.48 bits per heavy atom. The molecule has 0 radical (unpaired) electrons. The van der Waals surface area contributed by atoms with Gasteiger partial charge in [-0.25, -0.2) is 17.8 Å². The summed E-state index contributed by atoms with van der Waals surface area (Å²) in [5.41, 5.74) is 0.181. The molecule has 1 atom stereocenters. The van der Waals surface area contributed by atoms with Crippen molar-refractivity contribution in [2.75, 3.05) is 6.26 Å². The van der Waals surface area contributed by atoms with Crippen molar-refractivity contribution in [1.82, 2.24) is 15.3 Å². The Labute approximate surface area is 179 Å². The molecule has 1 amide bonds. The largest absolute Gasteiger partial charge is 0.438 e. The van der Waals surface area contributed by atoms with E-state index in [1.165, 1.54) is 24.4 Å². The number of sulfone groups is 1. The van der Waals surface area contributed by atoms with Crippen molar-refractivity contribution in [2.24, 2.45) is 0 Å². The molecule has 31 heavy (non-hydrogen) atoms. The van der Waals surface area contributed by atoms with Gasteiger partial charge in [-0.15, -0.1) is 0 Å². The van der Waals surface area contributed by atoms with E-state index in [9.17, 15) is 17.6 Å². The number of rotatable bonds is 7. The molecule has 3 aromatic rings. The van der Waals surface area contributed by atoms with Crippen molar-refractivity contribution < 1.29 is 22.3 Å². The molecule has 0 bridgehead atoms. The number of benzene rings is 2. The van der Waals surface area contributed by atoms with Crippen LogP contribution in [0, 0.1) is 5.82 Å². The Bertz CT molecular complexity index is 1210. The Morgan fingerprint density at radius 1 is 1.13 bits per heavy atom. The Kier molecular flexibility index (Phi) is 6.76. The molecule has 9 heteroatoms. The molecule has 0 spiro atoms. The molecule has 0 aliphatic rings. The smallest absolute Gasteiger partial charge is 0.258 e. The molecule has 0 aliphatic heterocycles. The summed E-state index contributed by atoms with van der Waals surface area (Å²) in [4.78, 5) is 21.2. The Morgan fingerprint density at radius 2 is 1.81 bits per heavy atom. The second kappa shape index (κ2) is 9.48. The number of halogens is 1. The Balaban J connectivity index is 1.95. The van der Waals surface area contributed by atoms with Gasteiger partial charge in [0, 0.05) is 23.9 Å². The summed E-state index contributed by atoms with van der Waals surface area (Å²) in [7, 11) is -3.33. The molecule has 160 valence electrons. The summed E-state index contributed by atoms with van der Waals surface area (Å²) in [5.74, 6) is -0.650. The fourth-order valence-corrected chi connectivity index (χ4v) is 3.09. The molecule has 7 nitrogen and oxygen atoms in total. The summed E-state index contributed by atoms with van der Waals surface area (Å²) in [6.45, 7) is 1.62. The summed E-state index contributed by atoms with van der Waals surface area (Å²) in [6.07, 6.45) is 3.65. The van der Waals surface area contributed by atoms with Crippen LogP contribution in [0.5, 0.6) is 11.6 Å². The minimum atomic E-state index is -3.33. The van der Waals surface area contributed by atoms with Gasteiger partial charge in [0.15, 0.2) is 15.7 Å². The first-order chi connectivity index (χ1) is 14.7. The number of nitrogens with one attached hydrogen (secondary N) is 1. The summed E-state index contributed by atoms with van der Waals surface area (Å²) in [5, 5.41) is 3.65. The monoisotopic (exact) mass is 441 g/mol. The minimum Gasteiger partial charge on any atom is -0.438 e. The maximum Gasteiger partial charge on any atom is 0.258 e. The molecule has 3 rings (SSSR count). The third-order valence-electron chi connectivity index (χ3n) is 4.04. The maximum atomic E-state index is 14.2. The van der Waals surface area contributed by atoms with Crippen molar-refractivity contribution in [3.63, 3.8) is 0 Å². The van der Waals surface area contributed by atoms with E-state index in [1.54, 1.807) is 49.4 Å². The molecular weight excluding hydrogens is 421 g/mol. The van der Waals surface area contributed by atoms with Crippen LogP contribution in [0.2, 0.25) is 0 Å². The molecule has 1 aromatic heterocycles. The van der Waals surface area contributed by atoms with E-state index in [0.29, 0.717) is 5.75 Å². The predicted molar refractivity (Wildman–Crippen MR) is 115 cm³/mol. The van der Waals surface area contributed by atoms with Crippen LogP contribution < -0.4 is 10.1 Å². The van der Waals surface area contributed by atoms with E-state index in [-0.39, 0.29) is 22.8 Å². The lowest BCUT2D eigenvalue weighted by molar-refractivity contribution is 0.0943. The van der Waals surface area contributed by atoms with Gasteiger partial charge < -0.3 is 10.1 Å². The highest BCUT2D eigenvalue weighted by atomic mass is 32.2. The predicted octanol–water partition coefficient (Wildman–Crippen LogP) is 3.75. The molecule has 0 fully saturated rings. The average Bonchev–Trinajstić information content (AvgIpc) is 2.73. The minimum absolute atomic E-state index is 0.0172. The summed E-state index contributed by atoms with van der Waals surface area (Å²) < 4.78 is 42.5. The molecular formula is C22H20FN3O4S. The molecule has 0 saturated carbocycles. The van der Waals surface area contributed by atoms with Crippen LogP contribution in [0.3, 0.4) is 0 Å². The van der Waals surface area contributed by atoms with Gasteiger partial charge in [0.05, 0.1) is 5.56 Å². The molecule has 0 aliphatic carbocycles. The van der Waals surface area contributed by atoms with Crippen LogP contribution in [-0.2, 0) is 9.84 Å². The molecule has 2 aromatic carbocycles. The Hall–Kier alpha value is -3.59. The standard InChI is InChI=1S/C22H20FN3O4S/c1-15(12-13-31(2,28)29)25-21(27)18-14-24-20(17-10-6-7-11-19(17)23)26-22(18)30-16-8-4-3-5-9-16/h3-15H,1-2H3,(H,25,27). The average molecular weight is 441 g/mol. The van der Waals surface area contributed by atoms with E-state index in [2.05, 4.69) is 15.3 Å². The van der Waals surface area contributed by atoms with Crippen LogP contribution in [-0.4, -0.2) is 36.6 Å². The third-order valence-corrected chi connectivity index (χ3v) is 4.70. The van der Waals surface area contributed by atoms with Gasteiger partial charge in [-0.3, -0.25) is 4.79 Å². The molecule has 0 saturated heterocycles. The van der Waals surface area contributed by atoms with Crippen LogP contribution >= 0.6 is 0 Å². The van der Waals surface area contributed by atoms with Crippen LogP contribution in [0.25, 0.3) is 11.4 Å². The van der Waals surface area contributed by atoms with Crippen molar-refractivity contribution in [2.45, 2.75) is 13.0 Å². The highest BCUT2D eigenvalue weighted by Gasteiger charge is 2.20. The number of para-hydroxylation sites is 1. The number of amides is 1. The maximum absolute atomic E-state index is 14.2. The van der Waals surface area contributed by atoms with Crippen LogP contribution in [0.4, 0.5) is 4.39 Å². The second-order valence-corrected chi connectivity index (χ2v) is 8.66. The van der Waals surface area contributed by atoms with Crippen molar-refractivity contribution in [3.05, 3.63) is 83.7 Å². The zero-order valence-electron chi connectivity index (χ0n) is 16.8. The van der Waals surface area contributed by atoms with Crippen LogP contribution in [0.1, 0.15) is 17.3 Å². The first kappa shape index (κ1) is 22.1. The third kappa shape index (κ3) is 6.19. The normalized spacial score (nSPS) is 12.5. The number of nitrogens with zero attached hydrogens (tertiary/aromatic N) is 2. The zero-order valence-corrected chi connectivity index (χ0v) is 17.6. The number of carbonyl (C=O) groups excluding carboxylic acids is 1. The SMILES string of the molecule is CC(C=CS(C)(=O)=O)NC(=O)c1cnc(-c2ccccc2F)nc1Oc1ccccc1. The topological polar surface area (TPSA) is 98.2 Å². The lowest BCUT2D eigenvalue weighted by Crippen LogP contribution is -2.31. The van der Waals surface area contributed by atoms with Gasteiger partial charge in [0.1, 0.15) is 17.1 Å². The fourth-order valence-electron chi connectivity index (χ4n) is 2.57. The first-order valence-corrected chi connectivity index (χ1v) is 11.2. The first-order valence-electron chi connectivity index (χ1n) is 9.27. The number of carbonyl (C=O) groups is 1. The van der Waals surface area contributed by atoms with Crippen molar-refractivity contribution >= 4 is 15.7 Å². The van der Waals surface area contributed by atoms with Crippen molar-refractivity contribution in [3.8, 4) is 23.0 Å². The zero-order chi connectivity index (χ0) is 22.4.